The number of aromatic nitrogens is 5. The number of hydrogen-bond acceptors (Lipinski definition) is 6. The van der Waals surface area contributed by atoms with Crippen LogP contribution >= 0.6 is 0 Å². The van der Waals surface area contributed by atoms with Crippen LogP contribution in [0, 0.1) is 0 Å². The lowest BCUT2D eigenvalue weighted by Gasteiger charge is -2.09. The van der Waals surface area contributed by atoms with Crippen molar-refractivity contribution < 1.29 is 27.4 Å². The molecule has 0 bridgehead atoms. The van der Waals surface area contributed by atoms with E-state index < -0.39 is 12.5 Å². The Balaban J connectivity index is 1.82. The summed E-state index contributed by atoms with van der Waals surface area (Å²) in [4.78, 5) is 15.4. The van der Waals surface area contributed by atoms with Gasteiger partial charge in [-0.25, -0.2) is 14.5 Å². The second-order valence-corrected chi connectivity index (χ2v) is 6.02. The summed E-state index contributed by atoms with van der Waals surface area (Å²) in [6.45, 7) is -0.225. The van der Waals surface area contributed by atoms with Gasteiger partial charge >= 0.3 is 12.5 Å². The van der Waals surface area contributed by atoms with Gasteiger partial charge < -0.3 is 15.2 Å². The first kappa shape index (κ1) is 19.2. The monoisotopic (exact) mass is 418 g/mol. The van der Waals surface area contributed by atoms with Crippen LogP contribution in [0.5, 0.6) is 5.75 Å². The number of aromatic amines is 1. The van der Waals surface area contributed by atoms with Crippen LogP contribution in [-0.4, -0.2) is 37.4 Å². The van der Waals surface area contributed by atoms with Gasteiger partial charge in [-0.3, -0.25) is 5.10 Å². The van der Waals surface area contributed by atoms with Crippen LogP contribution in [0.2, 0.25) is 0 Å². The van der Waals surface area contributed by atoms with Crippen molar-refractivity contribution in [1.82, 2.24) is 25.0 Å². The fourth-order valence-corrected chi connectivity index (χ4v) is 2.95. The van der Waals surface area contributed by atoms with Crippen LogP contribution in [0.4, 0.5) is 18.0 Å². The van der Waals surface area contributed by atoms with Gasteiger partial charge in [0.1, 0.15) is 18.1 Å². The van der Waals surface area contributed by atoms with Crippen molar-refractivity contribution >= 4 is 17.1 Å². The van der Waals surface area contributed by atoms with Gasteiger partial charge in [0.25, 0.3) is 0 Å². The normalized spacial score (nSPS) is 11.6. The predicted molar refractivity (Wildman–Crippen MR) is 97.5 cm³/mol. The van der Waals surface area contributed by atoms with Crippen molar-refractivity contribution in [2.75, 3.05) is 0 Å². The molecule has 0 spiro atoms. The number of hydrogen-bond donors (Lipinski definition) is 2. The predicted octanol–water partition coefficient (Wildman–Crippen LogP) is 3.30. The molecule has 0 aliphatic rings. The van der Waals surface area contributed by atoms with Crippen molar-refractivity contribution in [3.63, 3.8) is 0 Å². The van der Waals surface area contributed by atoms with Gasteiger partial charge in [0.05, 0.1) is 16.8 Å². The van der Waals surface area contributed by atoms with Crippen molar-refractivity contribution in [3.8, 4) is 22.7 Å². The number of carbonyl (C=O) groups excluding carboxylic acids is 1. The Hall–Kier alpha value is -4.09. The van der Waals surface area contributed by atoms with Crippen LogP contribution < -0.4 is 10.5 Å². The Labute approximate surface area is 166 Å². The Morgan fingerprint density at radius 1 is 1.17 bits per heavy atom. The van der Waals surface area contributed by atoms with Gasteiger partial charge in [0.15, 0.2) is 5.65 Å². The molecular weight excluding hydrogens is 405 g/mol. The average molecular weight is 418 g/mol. The minimum Gasteiger partial charge on any atom is -0.443 e. The lowest BCUT2D eigenvalue weighted by atomic mass is 10.1. The number of ether oxygens (including phenoxy) is 2. The van der Waals surface area contributed by atoms with Gasteiger partial charge in [-0.1, -0.05) is 0 Å². The molecule has 0 aliphatic heterocycles. The average Bonchev–Trinajstić information content (AvgIpc) is 3.34. The minimum absolute atomic E-state index is 0.225. The first-order valence-electron chi connectivity index (χ1n) is 8.47. The van der Waals surface area contributed by atoms with Gasteiger partial charge in [-0.2, -0.15) is 10.2 Å². The highest BCUT2D eigenvalue weighted by Gasteiger charge is 2.31. The van der Waals surface area contributed by atoms with Crippen molar-refractivity contribution in [1.29, 1.82) is 0 Å². The molecular formula is C18H13F3N6O3. The van der Waals surface area contributed by atoms with Crippen LogP contribution in [-0.2, 0) is 11.3 Å². The van der Waals surface area contributed by atoms with Crippen LogP contribution in [0.1, 0.15) is 5.69 Å². The number of alkyl halides is 3. The lowest BCUT2D eigenvalue weighted by Crippen LogP contribution is -2.17. The van der Waals surface area contributed by atoms with E-state index in [4.69, 9.17) is 10.5 Å². The lowest BCUT2D eigenvalue weighted by molar-refractivity contribution is -0.274. The zero-order valence-electron chi connectivity index (χ0n) is 15.1. The van der Waals surface area contributed by atoms with Crippen LogP contribution in [0.3, 0.4) is 0 Å². The van der Waals surface area contributed by atoms with E-state index in [1.165, 1.54) is 16.8 Å². The van der Waals surface area contributed by atoms with E-state index in [0.717, 1.165) is 12.1 Å². The Bertz CT molecular complexity index is 1190. The van der Waals surface area contributed by atoms with Crippen LogP contribution in [0.15, 0.2) is 48.8 Å². The largest absolute Gasteiger partial charge is 0.573 e. The molecule has 4 aromatic rings. The molecule has 12 heteroatoms. The Morgan fingerprint density at radius 2 is 1.93 bits per heavy atom. The summed E-state index contributed by atoms with van der Waals surface area (Å²) in [6, 6.07) is 8.58. The fourth-order valence-electron chi connectivity index (χ4n) is 2.95. The van der Waals surface area contributed by atoms with E-state index in [0.29, 0.717) is 33.7 Å². The molecule has 9 nitrogen and oxygen atoms in total. The zero-order valence-corrected chi connectivity index (χ0v) is 15.1. The maximum absolute atomic E-state index is 12.4. The second kappa shape index (κ2) is 7.39. The summed E-state index contributed by atoms with van der Waals surface area (Å²) >= 11 is 0. The maximum atomic E-state index is 12.4. The SMILES string of the molecule is NC(=O)OCc1nn(-c2ccc(OC(F)(F)F)cc2)c2nccc(-c3cc[nH]n3)c12. The number of H-pyrrole nitrogens is 1. The van der Waals surface area contributed by atoms with E-state index in [-0.39, 0.29) is 12.4 Å². The standard InChI is InChI=1S/C18H13F3N6O3/c19-18(20,21)30-11-3-1-10(2-4-11)27-16-15(14(26-27)9-29-17(22)28)12(5-7-23-16)13-6-8-24-25-13/h1-8H,9H2,(H2,22,28)(H,24,25). The number of fused-ring (bicyclic) bond motifs is 1. The summed E-state index contributed by atoms with van der Waals surface area (Å²) in [5.41, 5.74) is 7.52. The van der Waals surface area contributed by atoms with Crippen LogP contribution in [0.25, 0.3) is 28.0 Å². The topological polar surface area (TPSA) is 121 Å². The second-order valence-electron chi connectivity index (χ2n) is 6.02. The summed E-state index contributed by atoms with van der Waals surface area (Å²) in [7, 11) is 0. The number of pyridine rings is 1. The maximum Gasteiger partial charge on any atom is 0.573 e. The number of rotatable bonds is 5. The first-order chi connectivity index (χ1) is 14.3. The molecule has 0 radical (unpaired) electrons. The van der Waals surface area contributed by atoms with Crippen molar-refractivity contribution in [2.45, 2.75) is 13.0 Å². The number of carbonyl (C=O) groups is 1. The van der Waals surface area contributed by atoms with Gasteiger partial charge in [-0.05, 0) is 36.4 Å². The van der Waals surface area contributed by atoms with Crippen molar-refractivity contribution in [2.24, 2.45) is 5.73 Å². The summed E-state index contributed by atoms with van der Waals surface area (Å²) < 4.78 is 47.4. The molecule has 0 fully saturated rings. The van der Waals surface area contributed by atoms with Gasteiger partial charge in [0, 0.05) is 18.0 Å². The Kier molecular flexibility index (Phi) is 4.74. The number of nitrogens with two attached hydrogens (primary N) is 1. The van der Waals surface area contributed by atoms with Gasteiger partial charge in [0.2, 0.25) is 0 Å². The van der Waals surface area contributed by atoms with E-state index in [9.17, 15) is 18.0 Å². The number of nitrogens with one attached hydrogen (secondary N) is 1. The molecule has 30 heavy (non-hydrogen) atoms. The molecule has 4 rings (SSSR count). The fraction of sp³-hybridized carbons (Fsp3) is 0.111. The molecule has 1 amide bonds. The Morgan fingerprint density at radius 3 is 2.57 bits per heavy atom. The smallest absolute Gasteiger partial charge is 0.443 e. The summed E-state index contributed by atoms with van der Waals surface area (Å²) in [6.07, 6.45) is -2.58. The highest BCUT2D eigenvalue weighted by atomic mass is 19.4. The number of primary amides is 1. The molecule has 0 atom stereocenters. The number of halogens is 3. The molecule has 0 saturated carbocycles. The minimum atomic E-state index is -4.79. The third-order valence-electron chi connectivity index (χ3n) is 4.08. The molecule has 0 saturated heterocycles. The van der Waals surface area contributed by atoms with E-state index in [1.807, 2.05) is 0 Å². The molecule has 3 heterocycles. The highest BCUT2D eigenvalue weighted by Crippen LogP contribution is 2.31. The quantitative estimate of drug-likeness (QED) is 0.513. The van der Waals surface area contributed by atoms with Gasteiger partial charge in [-0.15, -0.1) is 13.2 Å². The number of benzene rings is 1. The summed E-state index contributed by atoms with van der Waals surface area (Å²) in [5.74, 6) is -0.370. The molecule has 0 aliphatic carbocycles. The van der Waals surface area contributed by atoms with E-state index >= 15 is 0 Å². The van der Waals surface area contributed by atoms with E-state index in [1.54, 1.807) is 24.5 Å². The third kappa shape index (κ3) is 3.87. The van der Waals surface area contributed by atoms with E-state index in [2.05, 4.69) is 25.0 Å². The molecule has 3 aromatic heterocycles. The first-order valence-corrected chi connectivity index (χ1v) is 8.47. The highest BCUT2D eigenvalue weighted by molar-refractivity contribution is 5.94. The molecule has 0 unspecified atom stereocenters. The molecule has 1 aromatic carbocycles. The number of nitrogens with zero attached hydrogens (tertiary/aromatic N) is 4. The van der Waals surface area contributed by atoms with Crippen molar-refractivity contribution in [3.05, 3.63) is 54.5 Å². The molecule has 3 N–H and O–H groups in total. The molecule has 154 valence electrons. The summed E-state index contributed by atoms with van der Waals surface area (Å²) in [5, 5.41) is 11.9. The third-order valence-corrected chi connectivity index (χ3v) is 4.08. The zero-order chi connectivity index (χ0) is 21.3. The number of amides is 1.